The van der Waals surface area contributed by atoms with Crippen LogP contribution in [0.3, 0.4) is 0 Å². The third-order valence-electron chi connectivity index (χ3n) is 2.28. The first-order valence-electron chi connectivity index (χ1n) is 4.91. The number of halogens is 1. The minimum Gasteiger partial charge on any atom is -0.320 e. The molecule has 0 fully saturated rings. The van der Waals surface area contributed by atoms with Crippen molar-refractivity contribution in [2.75, 3.05) is 5.32 Å². The SMILES string of the molecule is Cc1cc(I)ccc1NC(=O)c1cc(=O)[nH][nH]1. The molecular weight excluding hydrogens is 333 g/mol. The summed E-state index contributed by atoms with van der Waals surface area (Å²) in [5.74, 6) is -0.340. The van der Waals surface area contributed by atoms with Crippen LogP contribution >= 0.6 is 22.6 Å². The van der Waals surface area contributed by atoms with Gasteiger partial charge in [-0.2, -0.15) is 0 Å². The average molecular weight is 343 g/mol. The number of carbonyl (C=O) groups excluding carboxylic acids is 1. The molecule has 1 aromatic heterocycles. The third-order valence-corrected chi connectivity index (χ3v) is 2.95. The molecule has 2 rings (SSSR count). The number of aryl methyl sites for hydroxylation is 1. The zero-order chi connectivity index (χ0) is 12.4. The summed E-state index contributed by atoms with van der Waals surface area (Å²) < 4.78 is 1.10. The fourth-order valence-electron chi connectivity index (χ4n) is 1.41. The summed E-state index contributed by atoms with van der Waals surface area (Å²) in [5.41, 5.74) is 1.60. The molecule has 5 nitrogen and oxygen atoms in total. The molecule has 0 saturated carbocycles. The van der Waals surface area contributed by atoms with Gasteiger partial charge in [0.05, 0.1) is 0 Å². The lowest BCUT2D eigenvalue weighted by atomic mass is 10.2. The Morgan fingerprint density at radius 3 is 2.65 bits per heavy atom. The van der Waals surface area contributed by atoms with Crippen molar-refractivity contribution in [3.8, 4) is 0 Å². The lowest BCUT2D eigenvalue weighted by Gasteiger charge is -2.07. The molecule has 0 bridgehead atoms. The van der Waals surface area contributed by atoms with Crippen molar-refractivity contribution in [2.24, 2.45) is 0 Å². The van der Waals surface area contributed by atoms with E-state index >= 15 is 0 Å². The van der Waals surface area contributed by atoms with Gasteiger partial charge in [0.2, 0.25) is 0 Å². The molecule has 0 unspecified atom stereocenters. The first-order chi connectivity index (χ1) is 8.06. The Labute approximate surface area is 111 Å². The molecule has 88 valence electrons. The van der Waals surface area contributed by atoms with Crippen LogP contribution in [0, 0.1) is 10.5 Å². The largest absolute Gasteiger partial charge is 0.320 e. The van der Waals surface area contributed by atoms with Gasteiger partial charge in [0, 0.05) is 15.3 Å². The van der Waals surface area contributed by atoms with Crippen LogP contribution in [0.2, 0.25) is 0 Å². The normalized spacial score (nSPS) is 10.2. The maximum Gasteiger partial charge on any atom is 0.273 e. The molecular formula is C11H10IN3O2. The van der Waals surface area contributed by atoms with E-state index in [0.29, 0.717) is 0 Å². The minimum absolute atomic E-state index is 0.216. The predicted octanol–water partition coefficient (Wildman–Crippen LogP) is 1.87. The van der Waals surface area contributed by atoms with Gasteiger partial charge in [-0.25, -0.2) is 0 Å². The summed E-state index contributed by atoms with van der Waals surface area (Å²) in [6.07, 6.45) is 0. The Morgan fingerprint density at radius 1 is 1.29 bits per heavy atom. The number of hydrogen-bond acceptors (Lipinski definition) is 2. The van der Waals surface area contributed by atoms with Crippen LogP contribution in [-0.2, 0) is 0 Å². The van der Waals surface area contributed by atoms with Crippen molar-refractivity contribution in [1.82, 2.24) is 10.2 Å². The molecule has 0 spiro atoms. The van der Waals surface area contributed by atoms with Crippen molar-refractivity contribution >= 4 is 34.2 Å². The molecule has 0 radical (unpaired) electrons. The standard InChI is InChI=1S/C11H10IN3O2/c1-6-4-7(12)2-3-8(6)13-11(17)9-5-10(16)15-14-9/h2-5H,1H3,(H,13,17)(H2,14,15,16). The number of aromatic amines is 2. The van der Waals surface area contributed by atoms with Crippen LogP contribution in [0.4, 0.5) is 5.69 Å². The first kappa shape index (κ1) is 11.9. The van der Waals surface area contributed by atoms with Gasteiger partial charge in [-0.1, -0.05) is 0 Å². The molecule has 6 heteroatoms. The van der Waals surface area contributed by atoms with E-state index in [2.05, 4.69) is 38.1 Å². The van der Waals surface area contributed by atoms with Crippen molar-refractivity contribution in [1.29, 1.82) is 0 Å². The number of amides is 1. The Hall–Kier alpha value is -1.57. The number of rotatable bonds is 2. The Bertz CT molecular complexity index is 615. The van der Waals surface area contributed by atoms with Gasteiger partial charge >= 0.3 is 0 Å². The third kappa shape index (κ3) is 2.76. The van der Waals surface area contributed by atoms with E-state index in [1.54, 1.807) is 0 Å². The zero-order valence-corrected chi connectivity index (χ0v) is 11.2. The van der Waals surface area contributed by atoms with Crippen molar-refractivity contribution in [3.05, 3.63) is 49.4 Å². The summed E-state index contributed by atoms with van der Waals surface area (Å²) in [5, 5.41) is 7.56. The summed E-state index contributed by atoms with van der Waals surface area (Å²) in [6, 6.07) is 6.93. The van der Waals surface area contributed by atoms with Crippen LogP contribution in [0.5, 0.6) is 0 Å². The smallest absolute Gasteiger partial charge is 0.273 e. The lowest BCUT2D eigenvalue weighted by Crippen LogP contribution is -2.13. The second-order valence-electron chi connectivity index (χ2n) is 3.59. The van der Waals surface area contributed by atoms with Gasteiger partial charge in [-0.05, 0) is 53.3 Å². The topological polar surface area (TPSA) is 77.8 Å². The van der Waals surface area contributed by atoms with Gasteiger partial charge in [0.15, 0.2) is 0 Å². The molecule has 0 aliphatic rings. The molecule has 0 atom stereocenters. The second-order valence-corrected chi connectivity index (χ2v) is 4.83. The summed E-state index contributed by atoms with van der Waals surface area (Å²) in [4.78, 5) is 22.7. The fraction of sp³-hybridized carbons (Fsp3) is 0.0909. The van der Waals surface area contributed by atoms with Crippen LogP contribution in [0.25, 0.3) is 0 Å². The Balaban J connectivity index is 2.21. The van der Waals surface area contributed by atoms with Crippen molar-refractivity contribution < 1.29 is 4.79 Å². The Morgan fingerprint density at radius 2 is 2.06 bits per heavy atom. The zero-order valence-electron chi connectivity index (χ0n) is 9.00. The molecule has 0 aliphatic carbocycles. The first-order valence-corrected chi connectivity index (χ1v) is 5.99. The molecule has 0 aliphatic heterocycles. The van der Waals surface area contributed by atoms with E-state index in [4.69, 9.17) is 0 Å². The molecule has 0 saturated heterocycles. The maximum atomic E-state index is 11.8. The van der Waals surface area contributed by atoms with Gasteiger partial charge in [0.1, 0.15) is 5.69 Å². The van der Waals surface area contributed by atoms with Crippen LogP contribution in [0.1, 0.15) is 16.1 Å². The molecule has 1 aromatic carbocycles. The predicted molar refractivity (Wildman–Crippen MR) is 73.3 cm³/mol. The van der Waals surface area contributed by atoms with Gasteiger partial charge < -0.3 is 5.32 Å². The summed E-state index contributed by atoms with van der Waals surface area (Å²) in [7, 11) is 0. The number of H-pyrrole nitrogens is 2. The molecule has 2 aromatic rings. The number of carbonyl (C=O) groups is 1. The summed E-state index contributed by atoms with van der Waals surface area (Å²) in [6.45, 7) is 1.91. The number of nitrogens with one attached hydrogen (secondary N) is 3. The lowest BCUT2D eigenvalue weighted by molar-refractivity contribution is 0.102. The minimum atomic E-state index is -0.340. The highest BCUT2D eigenvalue weighted by Gasteiger charge is 2.09. The van der Waals surface area contributed by atoms with Crippen LogP contribution < -0.4 is 10.9 Å². The van der Waals surface area contributed by atoms with E-state index in [1.807, 2.05) is 25.1 Å². The number of aromatic nitrogens is 2. The highest BCUT2D eigenvalue weighted by molar-refractivity contribution is 14.1. The Kier molecular flexibility index (Phi) is 3.32. The quantitative estimate of drug-likeness (QED) is 0.728. The van der Waals surface area contributed by atoms with E-state index in [0.717, 1.165) is 14.8 Å². The van der Waals surface area contributed by atoms with E-state index in [1.165, 1.54) is 6.07 Å². The van der Waals surface area contributed by atoms with E-state index in [-0.39, 0.29) is 17.2 Å². The monoisotopic (exact) mass is 343 g/mol. The van der Waals surface area contributed by atoms with Gasteiger partial charge in [0.25, 0.3) is 11.5 Å². The summed E-state index contributed by atoms with van der Waals surface area (Å²) >= 11 is 2.21. The maximum absolute atomic E-state index is 11.8. The molecule has 1 heterocycles. The van der Waals surface area contributed by atoms with Crippen LogP contribution in [-0.4, -0.2) is 16.1 Å². The van der Waals surface area contributed by atoms with E-state index in [9.17, 15) is 9.59 Å². The molecule has 1 amide bonds. The van der Waals surface area contributed by atoms with Crippen molar-refractivity contribution in [3.63, 3.8) is 0 Å². The second kappa shape index (κ2) is 4.74. The average Bonchev–Trinajstić information content (AvgIpc) is 2.69. The van der Waals surface area contributed by atoms with Crippen molar-refractivity contribution in [2.45, 2.75) is 6.92 Å². The van der Waals surface area contributed by atoms with E-state index < -0.39 is 0 Å². The highest BCUT2D eigenvalue weighted by atomic mass is 127. The number of anilines is 1. The molecule has 17 heavy (non-hydrogen) atoms. The van der Waals surface area contributed by atoms with Gasteiger partial charge in [-0.15, -0.1) is 0 Å². The highest BCUT2D eigenvalue weighted by Crippen LogP contribution is 2.18. The number of benzene rings is 1. The number of hydrogen-bond donors (Lipinski definition) is 3. The van der Waals surface area contributed by atoms with Gasteiger partial charge in [-0.3, -0.25) is 19.8 Å². The fourth-order valence-corrected chi connectivity index (χ4v) is 2.06. The molecule has 3 N–H and O–H groups in total. The van der Waals surface area contributed by atoms with Crippen LogP contribution in [0.15, 0.2) is 29.1 Å².